The van der Waals surface area contributed by atoms with Gasteiger partial charge in [0.15, 0.2) is 0 Å². The summed E-state index contributed by atoms with van der Waals surface area (Å²) in [6.45, 7) is 6.85. The van der Waals surface area contributed by atoms with Crippen LogP contribution in [0.25, 0.3) is 0 Å². The SMILES string of the molecule is CC(C)c1ccccc1NC1C[C@H](C)Sc2sccc21. The molecule has 2 heterocycles. The van der Waals surface area contributed by atoms with Crippen molar-refractivity contribution in [2.75, 3.05) is 5.32 Å². The molecule has 3 rings (SSSR count). The lowest BCUT2D eigenvalue weighted by molar-refractivity contribution is 0.667. The molecule has 1 aromatic carbocycles. The first kappa shape index (κ1) is 14.0. The Morgan fingerprint density at radius 1 is 1.20 bits per heavy atom. The quantitative estimate of drug-likeness (QED) is 0.756. The van der Waals surface area contributed by atoms with Crippen LogP contribution in [0.5, 0.6) is 0 Å². The lowest BCUT2D eigenvalue weighted by Gasteiger charge is -2.29. The van der Waals surface area contributed by atoms with E-state index in [9.17, 15) is 0 Å². The van der Waals surface area contributed by atoms with E-state index in [0.29, 0.717) is 17.2 Å². The molecule has 0 fully saturated rings. The Morgan fingerprint density at radius 2 is 2.00 bits per heavy atom. The van der Waals surface area contributed by atoms with Gasteiger partial charge < -0.3 is 5.32 Å². The summed E-state index contributed by atoms with van der Waals surface area (Å²) in [5.74, 6) is 0.552. The Bertz CT molecular complexity index is 588. The molecular formula is C17H21NS2. The summed E-state index contributed by atoms with van der Waals surface area (Å²) in [6, 6.07) is 11.5. The number of thioether (sulfide) groups is 1. The molecule has 2 atom stereocenters. The molecule has 0 aliphatic carbocycles. The zero-order valence-corrected chi connectivity index (χ0v) is 13.9. The summed E-state index contributed by atoms with van der Waals surface area (Å²) in [6.07, 6.45) is 1.20. The van der Waals surface area contributed by atoms with Crippen LogP contribution < -0.4 is 5.32 Å². The molecule has 3 heteroatoms. The highest BCUT2D eigenvalue weighted by atomic mass is 32.2. The van der Waals surface area contributed by atoms with Crippen LogP contribution in [-0.4, -0.2) is 5.25 Å². The minimum atomic E-state index is 0.451. The van der Waals surface area contributed by atoms with Crippen LogP contribution in [-0.2, 0) is 0 Å². The fourth-order valence-electron chi connectivity index (χ4n) is 2.81. The van der Waals surface area contributed by atoms with E-state index in [1.54, 1.807) is 0 Å². The van der Waals surface area contributed by atoms with Crippen molar-refractivity contribution in [1.29, 1.82) is 0 Å². The van der Waals surface area contributed by atoms with Gasteiger partial charge in [0.2, 0.25) is 0 Å². The Hall–Kier alpha value is -0.930. The second-order valence-corrected chi connectivity index (χ2v) is 8.39. The van der Waals surface area contributed by atoms with E-state index < -0.39 is 0 Å². The number of fused-ring (bicyclic) bond motifs is 1. The first-order chi connectivity index (χ1) is 9.65. The van der Waals surface area contributed by atoms with Gasteiger partial charge in [0, 0.05) is 10.9 Å². The summed E-state index contributed by atoms with van der Waals surface area (Å²) < 4.78 is 1.49. The van der Waals surface area contributed by atoms with Crippen molar-refractivity contribution in [2.45, 2.75) is 48.6 Å². The number of para-hydroxylation sites is 1. The normalized spacial score (nSPS) is 21.8. The first-order valence-electron chi connectivity index (χ1n) is 7.24. The van der Waals surface area contributed by atoms with E-state index in [2.05, 4.69) is 61.8 Å². The molecule has 0 radical (unpaired) electrons. The predicted molar refractivity (Wildman–Crippen MR) is 91.1 cm³/mol. The molecule has 0 saturated heterocycles. The zero-order valence-electron chi connectivity index (χ0n) is 12.2. The number of nitrogens with one attached hydrogen (secondary N) is 1. The Labute approximate surface area is 129 Å². The lowest BCUT2D eigenvalue weighted by Crippen LogP contribution is -2.19. The average molecular weight is 303 g/mol. The third-order valence-corrected chi connectivity index (χ3v) is 6.17. The third-order valence-electron chi connectivity index (χ3n) is 3.82. The van der Waals surface area contributed by atoms with Crippen molar-refractivity contribution in [3.63, 3.8) is 0 Å². The van der Waals surface area contributed by atoms with Gasteiger partial charge >= 0.3 is 0 Å². The predicted octanol–water partition coefficient (Wildman–Crippen LogP) is 5.91. The smallest absolute Gasteiger partial charge is 0.0653 e. The van der Waals surface area contributed by atoms with Crippen LogP contribution in [0.4, 0.5) is 5.69 Å². The summed E-state index contributed by atoms with van der Waals surface area (Å²) in [4.78, 5) is 0. The standard InChI is InChI=1S/C17H21NS2/c1-11(2)13-6-4-5-7-15(13)18-16-10-12(3)20-17-14(16)8-9-19-17/h4-9,11-12,16,18H,10H2,1-3H3/t12-,16?/m0/s1. The van der Waals surface area contributed by atoms with Crippen molar-refractivity contribution in [2.24, 2.45) is 0 Å². The lowest BCUT2D eigenvalue weighted by atomic mass is 9.99. The number of thiophene rings is 1. The molecule has 0 saturated carbocycles. The molecule has 0 bridgehead atoms. The monoisotopic (exact) mass is 303 g/mol. The highest BCUT2D eigenvalue weighted by Crippen LogP contribution is 2.45. The second-order valence-electron chi connectivity index (χ2n) is 5.77. The van der Waals surface area contributed by atoms with E-state index in [1.807, 2.05) is 23.1 Å². The molecule has 1 aliphatic heterocycles. The largest absolute Gasteiger partial charge is 0.378 e. The summed E-state index contributed by atoms with van der Waals surface area (Å²) in [5.41, 5.74) is 4.19. The van der Waals surface area contributed by atoms with Crippen LogP contribution in [0.1, 0.15) is 50.3 Å². The average Bonchev–Trinajstić information content (AvgIpc) is 2.87. The maximum Gasteiger partial charge on any atom is 0.0653 e. The van der Waals surface area contributed by atoms with Gasteiger partial charge in [-0.1, -0.05) is 39.0 Å². The minimum absolute atomic E-state index is 0.451. The molecule has 1 aliphatic rings. The molecule has 0 spiro atoms. The highest BCUT2D eigenvalue weighted by molar-refractivity contribution is 8.01. The number of hydrogen-bond acceptors (Lipinski definition) is 3. The van der Waals surface area contributed by atoms with Gasteiger partial charge in [-0.15, -0.1) is 23.1 Å². The maximum atomic E-state index is 3.80. The minimum Gasteiger partial charge on any atom is -0.378 e. The molecular weight excluding hydrogens is 282 g/mol. The topological polar surface area (TPSA) is 12.0 Å². The van der Waals surface area contributed by atoms with E-state index in [-0.39, 0.29) is 0 Å². The van der Waals surface area contributed by atoms with E-state index in [0.717, 1.165) is 0 Å². The van der Waals surface area contributed by atoms with E-state index in [4.69, 9.17) is 0 Å². The number of benzene rings is 1. The van der Waals surface area contributed by atoms with Crippen molar-refractivity contribution in [1.82, 2.24) is 0 Å². The molecule has 2 aromatic rings. The van der Waals surface area contributed by atoms with Crippen LogP contribution in [0, 0.1) is 0 Å². The van der Waals surface area contributed by atoms with Crippen LogP contribution in [0.15, 0.2) is 39.9 Å². The van der Waals surface area contributed by atoms with E-state index >= 15 is 0 Å². The summed E-state index contributed by atoms with van der Waals surface area (Å²) >= 11 is 3.90. The van der Waals surface area contributed by atoms with Gasteiger partial charge in [0.25, 0.3) is 0 Å². The molecule has 1 N–H and O–H groups in total. The van der Waals surface area contributed by atoms with Gasteiger partial charge in [-0.3, -0.25) is 0 Å². The third kappa shape index (κ3) is 2.75. The van der Waals surface area contributed by atoms with Crippen LogP contribution >= 0.6 is 23.1 Å². The van der Waals surface area contributed by atoms with E-state index in [1.165, 1.54) is 27.4 Å². The maximum absolute atomic E-state index is 3.80. The van der Waals surface area contributed by atoms with Gasteiger partial charge in [-0.05, 0) is 41.0 Å². The highest BCUT2D eigenvalue weighted by Gasteiger charge is 2.26. The van der Waals surface area contributed by atoms with Gasteiger partial charge in [-0.25, -0.2) is 0 Å². The van der Waals surface area contributed by atoms with Crippen LogP contribution in [0.3, 0.4) is 0 Å². The Morgan fingerprint density at radius 3 is 2.80 bits per heavy atom. The first-order valence-corrected chi connectivity index (χ1v) is 9.00. The number of rotatable bonds is 3. The molecule has 0 amide bonds. The van der Waals surface area contributed by atoms with Gasteiger partial charge in [-0.2, -0.15) is 0 Å². The van der Waals surface area contributed by atoms with Crippen molar-refractivity contribution < 1.29 is 0 Å². The summed E-state index contributed by atoms with van der Waals surface area (Å²) in [5, 5.41) is 6.70. The Balaban J connectivity index is 1.89. The molecule has 20 heavy (non-hydrogen) atoms. The van der Waals surface area contributed by atoms with Gasteiger partial charge in [0.1, 0.15) is 0 Å². The number of anilines is 1. The van der Waals surface area contributed by atoms with Gasteiger partial charge in [0.05, 0.1) is 10.3 Å². The fraction of sp³-hybridized carbons (Fsp3) is 0.412. The van der Waals surface area contributed by atoms with Crippen molar-refractivity contribution >= 4 is 28.8 Å². The summed E-state index contributed by atoms with van der Waals surface area (Å²) in [7, 11) is 0. The van der Waals surface area contributed by atoms with Crippen molar-refractivity contribution in [3.05, 3.63) is 46.8 Å². The fourth-order valence-corrected chi connectivity index (χ4v) is 5.37. The Kier molecular flexibility index (Phi) is 4.08. The molecule has 1 nitrogen and oxygen atoms in total. The van der Waals surface area contributed by atoms with Crippen LogP contribution in [0.2, 0.25) is 0 Å². The molecule has 106 valence electrons. The zero-order chi connectivity index (χ0) is 14.1. The number of hydrogen-bond donors (Lipinski definition) is 1. The van der Waals surface area contributed by atoms with Crippen molar-refractivity contribution in [3.8, 4) is 0 Å². The molecule has 1 unspecified atom stereocenters. The second kappa shape index (κ2) is 5.82. The molecule has 1 aromatic heterocycles.